The molecule has 152 valence electrons. The van der Waals surface area contributed by atoms with Gasteiger partial charge in [0, 0.05) is 30.0 Å². The Balaban J connectivity index is 1.32. The molecule has 1 fully saturated rings. The smallest absolute Gasteiger partial charge is 0.166 e. The van der Waals surface area contributed by atoms with Crippen molar-refractivity contribution in [1.29, 1.82) is 0 Å². The van der Waals surface area contributed by atoms with Crippen LogP contribution in [0, 0.1) is 17.7 Å². The molecule has 0 N–H and O–H groups in total. The number of ether oxygens (including phenoxy) is 1. The summed E-state index contributed by atoms with van der Waals surface area (Å²) in [6.07, 6.45) is 3.09. The molecule has 5 heteroatoms. The van der Waals surface area contributed by atoms with Crippen molar-refractivity contribution in [3.63, 3.8) is 0 Å². The quantitative estimate of drug-likeness (QED) is 0.713. The van der Waals surface area contributed by atoms with Gasteiger partial charge in [-0.25, -0.2) is 4.39 Å². The molecule has 1 atom stereocenters. The second kappa shape index (κ2) is 8.46. The first-order valence-electron chi connectivity index (χ1n) is 10.3. The second-order valence-electron chi connectivity index (χ2n) is 8.17. The molecule has 1 aliphatic carbocycles. The maximum Gasteiger partial charge on any atom is 0.166 e. The van der Waals surface area contributed by atoms with Crippen molar-refractivity contribution in [2.75, 3.05) is 26.7 Å². The van der Waals surface area contributed by atoms with Crippen molar-refractivity contribution in [3.05, 3.63) is 65.0 Å². The van der Waals surface area contributed by atoms with Crippen molar-refractivity contribution in [2.45, 2.75) is 25.7 Å². The first-order valence-corrected chi connectivity index (χ1v) is 10.3. The lowest BCUT2D eigenvalue weighted by Crippen LogP contribution is -2.40. The Morgan fingerprint density at radius 3 is 2.52 bits per heavy atom. The number of rotatable bonds is 5. The predicted molar refractivity (Wildman–Crippen MR) is 109 cm³/mol. The van der Waals surface area contributed by atoms with Gasteiger partial charge in [-0.2, -0.15) is 0 Å². The van der Waals surface area contributed by atoms with Crippen molar-refractivity contribution < 1.29 is 18.7 Å². The van der Waals surface area contributed by atoms with E-state index in [1.54, 1.807) is 19.2 Å². The summed E-state index contributed by atoms with van der Waals surface area (Å²) in [5, 5.41) is 0. The van der Waals surface area contributed by atoms with Crippen LogP contribution < -0.4 is 4.74 Å². The zero-order valence-corrected chi connectivity index (χ0v) is 16.7. The number of methoxy groups -OCH3 is 1. The molecular weight excluding hydrogens is 369 g/mol. The molecule has 1 heterocycles. The molecular formula is C24H26FNO3. The molecule has 0 amide bonds. The lowest BCUT2D eigenvalue weighted by Gasteiger charge is -2.35. The van der Waals surface area contributed by atoms with Crippen molar-refractivity contribution in [2.24, 2.45) is 11.8 Å². The van der Waals surface area contributed by atoms with Crippen molar-refractivity contribution in [1.82, 2.24) is 4.90 Å². The third-order valence-corrected chi connectivity index (χ3v) is 6.20. The standard InChI is InChI=1S/C24H26FNO3/c1-29-21-7-4-19-12-16(13-23(27)22(19)14-21)15-26-10-8-18(9-11-26)24(28)17-2-5-20(25)6-3-17/h2-7,14,16,18H,8-13,15H2,1H3. The van der Waals surface area contributed by atoms with Gasteiger partial charge in [-0.1, -0.05) is 6.07 Å². The number of fused-ring (bicyclic) bond motifs is 1. The summed E-state index contributed by atoms with van der Waals surface area (Å²) in [6.45, 7) is 2.60. The van der Waals surface area contributed by atoms with Crippen LogP contribution in [0.5, 0.6) is 5.75 Å². The molecule has 4 rings (SSSR count). The molecule has 4 nitrogen and oxygen atoms in total. The number of carbonyl (C=O) groups excluding carboxylic acids is 2. The second-order valence-corrected chi connectivity index (χ2v) is 8.17. The van der Waals surface area contributed by atoms with Crippen LogP contribution in [0.1, 0.15) is 45.5 Å². The summed E-state index contributed by atoms with van der Waals surface area (Å²) < 4.78 is 18.3. The van der Waals surface area contributed by atoms with E-state index in [4.69, 9.17) is 4.74 Å². The largest absolute Gasteiger partial charge is 0.497 e. The highest BCUT2D eigenvalue weighted by Gasteiger charge is 2.30. The van der Waals surface area contributed by atoms with Crippen LogP contribution in [0.4, 0.5) is 4.39 Å². The fraction of sp³-hybridized carbons (Fsp3) is 0.417. The molecule has 0 aromatic heterocycles. The Bertz CT molecular complexity index is 901. The summed E-state index contributed by atoms with van der Waals surface area (Å²) >= 11 is 0. The molecule has 1 aliphatic heterocycles. The van der Waals surface area contributed by atoms with E-state index in [0.29, 0.717) is 17.9 Å². The minimum atomic E-state index is -0.321. The number of likely N-dealkylation sites (tertiary alicyclic amines) is 1. The number of ketones is 2. The number of halogens is 1. The molecule has 0 spiro atoms. The average Bonchev–Trinajstić information content (AvgIpc) is 2.74. The van der Waals surface area contributed by atoms with Gasteiger partial charge in [0.1, 0.15) is 11.6 Å². The number of hydrogen-bond donors (Lipinski definition) is 0. The number of hydrogen-bond acceptors (Lipinski definition) is 4. The van der Waals surface area contributed by atoms with Gasteiger partial charge >= 0.3 is 0 Å². The fourth-order valence-electron chi connectivity index (χ4n) is 4.60. The maximum absolute atomic E-state index is 13.1. The first kappa shape index (κ1) is 19.8. The lowest BCUT2D eigenvalue weighted by molar-refractivity contribution is 0.0812. The van der Waals surface area contributed by atoms with Gasteiger partial charge in [0.25, 0.3) is 0 Å². The van der Waals surface area contributed by atoms with Gasteiger partial charge in [0.2, 0.25) is 0 Å². The molecule has 0 radical (unpaired) electrons. The van der Waals surface area contributed by atoms with E-state index in [0.717, 1.165) is 55.8 Å². The van der Waals surface area contributed by atoms with Gasteiger partial charge in [0.15, 0.2) is 11.6 Å². The molecule has 29 heavy (non-hydrogen) atoms. The summed E-state index contributed by atoms with van der Waals surface area (Å²) in [6, 6.07) is 11.6. The minimum absolute atomic E-state index is 0.00195. The van der Waals surface area contributed by atoms with Crippen molar-refractivity contribution >= 4 is 11.6 Å². The molecule has 0 bridgehead atoms. The predicted octanol–water partition coefficient (Wildman–Crippen LogP) is 4.17. The van der Waals surface area contributed by atoms with Gasteiger partial charge < -0.3 is 9.64 Å². The highest BCUT2D eigenvalue weighted by molar-refractivity contribution is 5.99. The van der Waals surface area contributed by atoms with Crippen LogP contribution in [-0.2, 0) is 6.42 Å². The Morgan fingerprint density at radius 1 is 1.10 bits per heavy atom. The summed E-state index contributed by atoms with van der Waals surface area (Å²) in [7, 11) is 1.61. The molecule has 0 saturated carbocycles. The summed E-state index contributed by atoms with van der Waals surface area (Å²) in [5.74, 6) is 1.02. The van der Waals surface area contributed by atoms with Gasteiger partial charge in [-0.05, 0) is 80.2 Å². The van der Waals surface area contributed by atoms with Crippen LogP contribution in [0.25, 0.3) is 0 Å². The highest BCUT2D eigenvalue weighted by Crippen LogP contribution is 2.30. The Hall–Kier alpha value is -2.53. The van der Waals surface area contributed by atoms with E-state index in [9.17, 15) is 14.0 Å². The summed E-state index contributed by atoms with van der Waals surface area (Å²) in [4.78, 5) is 27.6. The minimum Gasteiger partial charge on any atom is -0.497 e. The van der Waals surface area contributed by atoms with Gasteiger partial charge in [0.05, 0.1) is 7.11 Å². The lowest BCUT2D eigenvalue weighted by atomic mass is 9.82. The van der Waals surface area contributed by atoms with Crippen LogP contribution in [0.2, 0.25) is 0 Å². The monoisotopic (exact) mass is 395 g/mol. The van der Waals surface area contributed by atoms with E-state index in [1.165, 1.54) is 12.1 Å². The SMILES string of the molecule is COc1ccc2c(c1)C(=O)CC(CN1CCC(C(=O)c3ccc(F)cc3)CC1)C2. The van der Waals surface area contributed by atoms with Gasteiger partial charge in [-0.15, -0.1) is 0 Å². The Morgan fingerprint density at radius 2 is 1.83 bits per heavy atom. The molecule has 1 saturated heterocycles. The van der Waals surface area contributed by atoms with Crippen molar-refractivity contribution in [3.8, 4) is 5.75 Å². The van der Waals surface area contributed by atoms with Crippen LogP contribution in [-0.4, -0.2) is 43.2 Å². The van der Waals surface area contributed by atoms with E-state index in [-0.39, 0.29) is 23.3 Å². The van der Waals surface area contributed by atoms with Crippen LogP contribution in [0.3, 0.4) is 0 Å². The number of benzene rings is 2. The maximum atomic E-state index is 13.1. The Kier molecular flexibility index (Phi) is 5.76. The zero-order valence-electron chi connectivity index (χ0n) is 16.7. The normalized spacial score (nSPS) is 20.3. The average molecular weight is 395 g/mol. The number of piperidine rings is 1. The molecule has 2 aromatic carbocycles. The first-order chi connectivity index (χ1) is 14.0. The Labute approximate surface area is 170 Å². The van der Waals surface area contributed by atoms with E-state index < -0.39 is 0 Å². The van der Waals surface area contributed by atoms with E-state index >= 15 is 0 Å². The zero-order chi connectivity index (χ0) is 20.4. The van der Waals surface area contributed by atoms with E-state index in [2.05, 4.69) is 4.90 Å². The van der Waals surface area contributed by atoms with Crippen LogP contribution in [0.15, 0.2) is 42.5 Å². The van der Waals surface area contributed by atoms with Gasteiger partial charge in [-0.3, -0.25) is 9.59 Å². The fourth-order valence-corrected chi connectivity index (χ4v) is 4.60. The molecule has 2 aliphatic rings. The number of carbonyl (C=O) groups is 2. The number of nitrogens with zero attached hydrogens (tertiary/aromatic N) is 1. The molecule has 1 unspecified atom stereocenters. The third-order valence-electron chi connectivity index (χ3n) is 6.20. The van der Waals surface area contributed by atoms with E-state index in [1.807, 2.05) is 18.2 Å². The summed E-state index contributed by atoms with van der Waals surface area (Å²) in [5.41, 5.74) is 2.49. The topological polar surface area (TPSA) is 46.6 Å². The number of Topliss-reactive ketones (excluding diaryl/α,β-unsaturated/α-hetero) is 2. The van der Waals surface area contributed by atoms with Crippen LogP contribution >= 0.6 is 0 Å². The third kappa shape index (κ3) is 4.40. The molecule has 2 aromatic rings. The highest BCUT2D eigenvalue weighted by atomic mass is 19.1.